The Balaban J connectivity index is 1.43. The maximum atomic E-state index is 12.4. The molecule has 0 aliphatic carbocycles. The van der Waals surface area contributed by atoms with Crippen LogP contribution < -0.4 is 15.4 Å². The van der Waals surface area contributed by atoms with Gasteiger partial charge < -0.3 is 14.5 Å². The lowest BCUT2D eigenvalue weighted by Gasteiger charge is -2.09. The highest BCUT2D eigenvalue weighted by molar-refractivity contribution is 9.10. The number of hydrogen-bond donors (Lipinski definition) is 2. The van der Waals surface area contributed by atoms with Crippen molar-refractivity contribution in [3.8, 4) is 17.2 Å². The number of nitrogens with one attached hydrogen (secondary N) is 2. The quantitative estimate of drug-likeness (QED) is 0.181. The summed E-state index contributed by atoms with van der Waals surface area (Å²) >= 11 is 8.75. The number of amides is 1. The van der Waals surface area contributed by atoms with Crippen LogP contribution in [0.25, 0.3) is 28.6 Å². The Labute approximate surface area is 223 Å². The molecule has 0 aliphatic heterocycles. The fraction of sp³-hybridized carbons (Fsp3) is 0.179. The monoisotopic (exact) mass is 563 g/mol. The molecule has 2 N–H and O–H groups in total. The fourth-order valence-electron chi connectivity index (χ4n) is 3.66. The summed E-state index contributed by atoms with van der Waals surface area (Å²) in [5.74, 6) is 1.29. The predicted octanol–water partition coefficient (Wildman–Crippen LogP) is 7.31. The zero-order chi connectivity index (χ0) is 25.7. The van der Waals surface area contributed by atoms with E-state index in [9.17, 15) is 4.79 Å². The highest BCUT2D eigenvalue weighted by Crippen LogP contribution is 2.29. The van der Waals surface area contributed by atoms with Gasteiger partial charge in [-0.1, -0.05) is 41.9 Å². The van der Waals surface area contributed by atoms with E-state index in [2.05, 4.69) is 57.5 Å². The first-order valence-corrected chi connectivity index (χ1v) is 12.7. The molecule has 0 saturated heterocycles. The van der Waals surface area contributed by atoms with Gasteiger partial charge in [0, 0.05) is 27.4 Å². The SMILES string of the molecule is CC[C@@H](C)c1ccc2oc(-c3cccc(NC(=S)NC(=O)/C=C/c4cc(Br)ccc4OC)c3)nc2c1. The van der Waals surface area contributed by atoms with Crippen LogP contribution in [0.4, 0.5) is 5.69 Å². The van der Waals surface area contributed by atoms with Crippen molar-refractivity contribution < 1.29 is 13.9 Å². The number of halogens is 1. The number of methoxy groups -OCH3 is 1. The number of rotatable bonds is 7. The number of hydrogen-bond acceptors (Lipinski definition) is 5. The lowest BCUT2D eigenvalue weighted by Crippen LogP contribution is -2.32. The average Bonchev–Trinajstić information content (AvgIpc) is 3.31. The largest absolute Gasteiger partial charge is 0.496 e. The van der Waals surface area contributed by atoms with Crippen molar-refractivity contribution >= 4 is 62.0 Å². The number of ether oxygens (including phenoxy) is 1. The lowest BCUT2D eigenvalue weighted by molar-refractivity contribution is -0.115. The summed E-state index contributed by atoms with van der Waals surface area (Å²) in [4.78, 5) is 17.1. The summed E-state index contributed by atoms with van der Waals surface area (Å²) in [6.07, 6.45) is 4.14. The van der Waals surface area contributed by atoms with Crippen molar-refractivity contribution in [3.63, 3.8) is 0 Å². The number of benzene rings is 3. The van der Waals surface area contributed by atoms with Crippen LogP contribution in [0.2, 0.25) is 0 Å². The first-order chi connectivity index (χ1) is 17.4. The summed E-state index contributed by atoms with van der Waals surface area (Å²) in [5, 5.41) is 5.88. The molecule has 0 saturated carbocycles. The fourth-order valence-corrected chi connectivity index (χ4v) is 4.25. The molecule has 1 atom stereocenters. The molecular formula is C28H26BrN3O3S. The minimum absolute atomic E-state index is 0.179. The standard InChI is InChI=1S/C28H26BrN3O3S/c1-4-17(2)18-8-11-25-23(16-18)31-27(35-25)20-6-5-7-22(15-20)30-28(36)32-26(33)13-9-19-14-21(29)10-12-24(19)34-3/h5-17H,4H2,1-3H3,(H2,30,32,33,36)/b13-9+/t17-/m1/s1. The molecule has 0 aliphatic rings. The number of thiocarbonyl (C=S) groups is 1. The first kappa shape index (κ1) is 25.6. The molecule has 0 spiro atoms. The molecule has 6 nitrogen and oxygen atoms in total. The maximum Gasteiger partial charge on any atom is 0.250 e. The van der Waals surface area contributed by atoms with Crippen LogP contribution in [0, 0.1) is 0 Å². The molecule has 4 rings (SSSR count). The third-order valence-corrected chi connectivity index (χ3v) is 6.50. The van der Waals surface area contributed by atoms with Crippen molar-refractivity contribution in [2.24, 2.45) is 0 Å². The Morgan fingerprint density at radius 2 is 2.03 bits per heavy atom. The smallest absolute Gasteiger partial charge is 0.250 e. The molecule has 3 aromatic carbocycles. The Morgan fingerprint density at radius 1 is 1.19 bits per heavy atom. The van der Waals surface area contributed by atoms with Crippen LogP contribution in [-0.4, -0.2) is 23.1 Å². The molecule has 1 amide bonds. The molecule has 0 fully saturated rings. The van der Waals surface area contributed by atoms with Gasteiger partial charge in [0.1, 0.15) is 11.3 Å². The van der Waals surface area contributed by atoms with E-state index in [4.69, 9.17) is 21.4 Å². The van der Waals surface area contributed by atoms with E-state index in [1.807, 2.05) is 48.5 Å². The number of nitrogens with zero attached hydrogens (tertiary/aromatic N) is 1. The molecule has 184 valence electrons. The molecule has 0 radical (unpaired) electrons. The second-order valence-corrected chi connectivity index (χ2v) is 9.62. The molecule has 0 unspecified atom stereocenters. The minimum atomic E-state index is -0.359. The van der Waals surface area contributed by atoms with Crippen LogP contribution in [0.5, 0.6) is 5.75 Å². The molecule has 0 bridgehead atoms. The van der Waals surface area contributed by atoms with Gasteiger partial charge in [0.15, 0.2) is 10.7 Å². The predicted molar refractivity (Wildman–Crippen MR) is 152 cm³/mol. The van der Waals surface area contributed by atoms with Crippen LogP contribution in [0.15, 0.2) is 75.6 Å². The molecule has 36 heavy (non-hydrogen) atoms. The molecule has 1 heterocycles. The molecule has 8 heteroatoms. The van der Waals surface area contributed by atoms with Gasteiger partial charge in [-0.25, -0.2) is 4.98 Å². The third-order valence-electron chi connectivity index (χ3n) is 5.80. The number of carbonyl (C=O) groups excluding carboxylic acids is 1. The van der Waals surface area contributed by atoms with Gasteiger partial charge in [-0.15, -0.1) is 0 Å². The second kappa shape index (κ2) is 11.5. The van der Waals surface area contributed by atoms with Gasteiger partial charge in [-0.3, -0.25) is 10.1 Å². The second-order valence-electron chi connectivity index (χ2n) is 8.30. The summed E-state index contributed by atoms with van der Waals surface area (Å²) in [6.45, 7) is 4.37. The van der Waals surface area contributed by atoms with Gasteiger partial charge in [0.25, 0.3) is 0 Å². The van der Waals surface area contributed by atoms with Gasteiger partial charge in [-0.05, 0) is 84.7 Å². The Morgan fingerprint density at radius 3 is 2.81 bits per heavy atom. The van der Waals surface area contributed by atoms with Gasteiger partial charge in [-0.2, -0.15) is 0 Å². The van der Waals surface area contributed by atoms with E-state index < -0.39 is 0 Å². The van der Waals surface area contributed by atoms with Crippen molar-refractivity contribution in [1.82, 2.24) is 10.3 Å². The van der Waals surface area contributed by atoms with Crippen LogP contribution >= 0.6 is 28.1 Å². The lowest BCUT2D eigenvalue weighted by atomic mass is 9.98. The van der Waals surface area contributed by atoms with Crippen molar-refractivity contribution in [1.29, 1.82) is 0 Å². The van der Waals surface area contributed by atoms with Crippen LogP contribution in [0.3, 0.4) is 0 Å². The van der Waals surface area contributed by atoms with E-state index in [1.165, 1.54) is 11.6 Å². The van der Waals surface area contributed by atoms with E-state index in [0.29, 0.717) is 23.2 Å². The highest BCUT2D eigenvalue weighted by atomic mass is 79.9. The number of aromatic nitrogens is 1. The Hall–Kier alpha value is -3.49. The van der Waals surface area contributed by atoms with Gasteiger partial charge in [0.2, 0.25) is 11.8 Å². The number of oxazole rings is 1. The van der Waals surface area contributed by atoms with Crippen LogP contribution in [0.1, 0.15) is 37.3 Å². The Bertz CT molecular complexity index is 1450. The van der Waals surface area contributed by atoms with E-state index in [1.54, 1.807) is 13.2 Å². The van der Waals surface area contributed by atoms with Crippen molar-refractivity contribution in [2.45, 2.75) is 26.2 Å². The van der Waals surface area contributed by atoms with Crippen LogP contribution in [-0.2, 0) is 4.79 Å². The number of fused-ring (bicyclic) bond motifs is 1. The molecule has 4 aromatic rings. The number of anilines is 1. The Kier molecular flexibility index (Phi) is 8.18. The molecule has 1 aromatic heterocycles. The van der Waals surface area contributed by atoms with E-state index >= 15 is 0 Å². The summed E-state index contributed by atoms with van der Waals surface area (Å²) < 4.78 is 12.2. The first-order valence-electron chi connectivity index (χ1n) is 11.5. The summed E-state index contributed by atoms with van der Waals surface area (Å²) in [6, 6.07) is 19.2. The van der Waals surface area contributed by atoms with Crippen molar-refractivity contribution in [2.75, 3.05) is 12.4 Å². The normalized spacial score (nSPS) is 12.0. The number of carbonyl (C=O) groups is 1. The third kappa shape index (κ3) is 6.19. The summed E-state index contributed by atoms with van der Waals surface area (Å²) in [7, 11) is 1.58. The maximum absolute atomic E-state index is 12.4. The van der Waals surface area contributed by atoms with E-state index in [0.717, 1.165) is 33.1 Å². The average molecular weight is 565 g/mol. The summed E-state index contributed by atoms with van der Waals surface area (Å²) in [5.41, 5.74) is 5.09. The van der Waals surface area contributed by atoms with Gasteiger partial charge >= 0.3 is 0 Å². The van der Waals surface area contributed by atoms with Crippen molar-refractivity contribution in [3.05, 3.63) is 82.3 Å². The zero-order valence-corrected chi connectivity index (χ0v) is 22.6. The highest BCUT2D eigenvalue weighted by Gasteiger charge is 2.12. The topological polar surface area (TPSA) is 76.4 Å². The molecular weight excluding hydrogens is 538 g/mol. The van der Waals surface area contributed by atoms with Gasteiger partial charge in [0.05, 0.1) is 7.11 Å². The zero-order valence-electron chi connectivity index (χ0n) is 20.2. The van der Waals surface area contributed by atoms with E-state index in [-0.39, 0.29) is 11.0 Å². The minimum Gasteiger partial charge on any atom is -0.496 e.